The monoisotopic (exact) mass is 273 g/mol. The van der Waals surface area contributed by atoms with E-state index in [2.05, 4.69) is 28.2 Å². The largest absolute Gasteiger partial charge is 0.472 e. The molecular weight excluding hydrogens is 258 g/mol. The van der Waals surface area contributed by atoms with Gasteiger partial charge in [0.25, 0.3) is 5.91 Å². The van der Waals surface area contributed by atoms with Crippen molar-refractivity contribution in [2.75, 3.05) is 11.9 Å². The van der Waals surface area contributed by atoms with Crippen LogP contribution in [0.4, 0.5) is 0 Å². The van der Waals surface area contributed by atoms with E-state index in [-0.39, 0.29) is 5.91 Å². The summed E-state index contributed by atoms with van der Waals surface area (Å²) < 4.78 is 4.85. The summed E-state index contributed by atoms with van der Waals surface area (Å²) in [6.45, 7) is 2.86. The van der Waals surface area contributed by atoms with E-state index in [1.807, 2.05) is 0 Å². The molecule has 1 heterocycles. The van der Waals surface area contributed by atoms with Gasteiger partial charge >= 0.3 is 0 Å². The highest BCUT2D eigenvalue weighted by Crippen LogP contribution is 2.09. The van der Waals surface area contributed by atoms with Gasteiger partial charge in [0.15, 0.2) is 0 Å². The molecule has 84 valence electrons. The van der Waals surface area contributed by atoms with E-state index >= 15 is 0 Å². The average molecular weight is 274 g/mol. The van der Waals surface area contributed by atoms with Crippen LogP contribution in [0.1, 0.15) is 30.1 Å². The highest BCUT2D eigenvalue weighted by Gasteiger charge is 2.10. The van der Waals surface area contributed by atoms with Gasteiger partial charge in [-0.2, -0.15) is 0 Å². The highest BCUT2D eigenvalue weighted by molar-refractivity contribution is 9.09. The van der Waals surface area contributed by atoms with E-state index in [0.717, 1.165) is 24.7 Å². The summed E-state index contributed by atoms with van der Waals surface area (Å²) in [7, 11) is 0. The lowest BCUT2D eigenvalue weighted by molar-refractivity contribution is 0.0946. The lowest BCUT2D eigenvalue weighted by Gasteiger charge is -2.13. The van der Waals surface area contributed by atoms with Crippen LogP contribution in [0.25, 0.3) is 0 Å². The molecule has 1 N–H and O–H groups in total. The smallest absolute Gasteiger partial charge is 0.254 e. The number of alkyl halides is 1. The number of nitrogens with one attached hydrogen (secondary N) is 1. The molecule has 0 saturated heterocycles. The Labute approximate surface area is 98.4 Å². The predicted octanol–water partition coefficient (Wildman–Crippen LogP) is 2.82. The fourth-order valence-corrected chi connectivity index (χ4v) is 1.99. The van der Waals surface area contributed by atoms with E-state index < -0.39 is 0 Å². The minimum absolute atomic E-state index is 0.0585. The molecule has 3 nitrogen and oxygen atoms in total. The number of amides is 1. The summed E-state index contributed by atoms with van der Waals surface area (Å²) in [4.78, 5) is 11.5. The van der Waals surface area contributed by atoms with E-state index in [4.69, 9.17) is 4.42 Å². The lowest BCUT2D eigenvalue weighted by atomic mass is 10.0. The van der Waals surface area contributed by atoms with Crippen LogP contribution in [-0.2, 0) is 0 Å². The van der Waals surface area contributed by atoms with Crippen molar-refractivity contribution in [2.24, 2.45) is 5.92 Å². The Balaban J connectivity index is 2.33. The van der Waals surface area contributed by atoms with Gasteiger partial charge in [-0.05, 0) is 18.4 Å². The van der Waals surface area contributed by atoms with Crippen LogP contribution in [0.15, 0.2) is 23.0 Å². The average Bonchev–Trinajstić information content (AvgIpc) is 2.77. The molecule has 1 atom stereocenters. The van der Waals surface area contributed by atoms with Crippen molar-refractivity contribution in [3.05, 3.63) is 24.2 Å². The molecule has 0 fully saturated rings. The SMILES string of the molecule is CCC(CCBr)CNC(=O)c1ccoc1. The molecule has 1 aromatic heterocycles. The summed E-state index contributed by atoms with van der Waals surface area (Å²) in [5, 5.41) is 3.88. The number of halogens is 1. The second kappa shape index (κ2) is 6.67. The zero-order chi connectivity index (χ0) is 11.1. The summed E-state index contributed by atoms with van der Waals surface area (Å²) in [5.41, 5.74) is 0.587. The first-order valence-electron chi connectivity index (χ1n) is 5.14. The van der Waals surface area contributed by atoms with Gasteiger partial charge in [-0.25, -0.2) is 0 Å². The van der Waals surface area contributed by atoms with Crippen LogP contribution in [0.2, 0.25) is 0 Å². The molecule has 1 rings (SSSR count). The van der Waals surface area contributed by atoms with Gasteiger partial charge < -0.3 is 9.73 Å². The molecule has 0 bridgehead atoms. The number of carbonyl (C=O) groups is 1. The molecule has 1 amide bonds. The molecule has 0 spiro atoms. The predicted molar refractivity (Wildman–Crippen MR) is 63.2 cm³/mol. The van der Waals surface area contributed by atoms with E-state index in [1.54, 1.807) is 6.07 Å². The third-order valence-electron chi connectivity index (χ3n) is 2.43. The maximum absolute atomic E-state index is 11.5. The second-order valence-electron chi connectivity index (χ2n) is 3.47. The molecule has 15 heavy (non-hydrogen) atoms. The van der Waals surface area contributed by atoms with E-state index in [9.17, 15) is 4.79 Å². The Hall–Kier alpha value is -0.770. The summed E-state index contributed by atoms with van der Waals surface area (Å²) >= 11 is 3.41. The molecule has 1 aromatic rings. The molecular formula is C11H16BrNO2. The Morgan fingerprint density at radius 1 is 1.67 bits per heavy atom. The van der Waals surface area contributed by atoms with Crippen LogP contribution in [0, 0.1) is 5.92 Å². The Kier molecular flexibility index (Phi) is 5.47. The van der Waals surface area contributed by atoms with Gasteiger partial charge in [-0.1, -0.05) is 29.3 Å². The fraction of sp³-hybridized carbons (Fsp3) is 0.545. The van der Waals surface area contributed by atoms with E-state index in [1.165, 1.54) is 12.5 Å². The fourth-order valence-electron chi connectivity index (χ4n) is 1.34. The minimum atomic E-state index is -0.0585. The Morgan fingerprint density at radius 3 is 3.00 bits per heavy atom. The van der Waals surface area contributed by atoms with Gasteiger partial charge in [0, 0.05) is 11.9 Å². The third kappa shape index (κ3) is 4.08. The van der Waals surface area contributed by atoms with Crippen LogP contribution in [0.3, 0.4) is 0 Å². The van der Waals surface area contributed by atoms with Crippen LogP contribution >= 0.6 is 15.9 Å². The van der Waals surface area contributed by atoms with Crippen molar-refractivity contribution in [3.8, 4) is 0 Å². The molecule has 0 aliphatic heterocycles. The van der Waals surface area contributed by atoms with Gasteiger partial charge in [0.1, 0.15) is 6.26 Å². The first kappa shape index (κ1) is 12.3. The minimum Gasteiger partial charge on any atom is -0.472 e. The Morgan fingerprint density at radius 2 is 2.47 bits per heavy atom. The zero-order valence-electron chi connectivity index (χ0n) is 8.83. The van der Waals surface area contributed by atoms with Crippen molar-refractivity contribution >= 4 is 21.8 Å². The second-order valence-corrected chi connectivity index (χ2v) is 4.27. The van der Waals surface area contributed by atoms with Gasteiger partial charge in [-0.15, -0.1) is 0 Å². The first-order valence-corrected chi connectivity index (χ1v) is 6.26. The topological polar surface area (TPSA) is 42.2 Å². The number of rotatable bonds is 6. The van der Waals surface area contributed by atoms with Gasteiger partial charge in [0.2, 0.25) is 0 Å². The maximum atomic E-state index is 11.5. The summed E-state index contributed by atoms with van der Waals surface area (Å²) in [6, 6.07) is 1.67. The van der Waals surface area contributed by atoms with Gasteiger partial charge in [-0.3, -0.25) is 4.79 Å². The molecule has 0 aliphatic carbocycles. The van der Waals surface area contributed by atoms with Crippen molar-refractivity contribution in [2.45, 2.75) is 19.8 Å². The van der Waals surface area contributed by atoms with Crippen molar-refractivity contribution < 1.29 is 9.21 Å². The molecule has 0 saturated carbocycles. The lowest BCUT2D eigenvalue weighted by Crippen LogP contribution is -2.29. The molecule has 0 aliphatic rings. The van der Waals surface area contributed by atoms with Crippen molar-refractivity contribution in [1.82, 2.24) is 5.32 Å². The van der Waals surface area contributed by atoms with E-state index in [0.29, 0.717) is 11.5 Å². The summed E-state index contributed by atoms with van der Waals surface area (Å²) in [6.07, 6.45) is 5.13. The normalized spacial score (nSPS) is 12.4. The number of hydrogen-bond donors (Lipinski definition) is 1. The van der Waals surface area contributed by atoms with Crippen molar-refractivity contribution in [1.29, 1.82) is 0 Å². The first-order chi connectivity index (χ1) is 7.27. The highest BCUT2D eigenvalue weighted by atomic mass is 79.9. The number of furan rings is 1. The molecule has 1 unspecified atom stereocenters. The van der Waals surface area contributed by atoms with Crippen molar-refractivity contribution in [3.63, 3.8) is 0 Å². The number of carbonyl (C=O) groups excluding carboxylic acids is 1. The van der Waals surface area contributed by atoms with Crippen LogP contribution < -0.4 is 5.32 Å². The molecule has 4 heteroatoms. The van der Waals surface area contributed by atoms with Crippen LogP contribution in [0.5, 0.6) is 0 Å². The quantitative estimate of drug-likeness (QED) is 0.810. The Bertz CT molecular complexity index is 285. The summed E-state index contributed by atoms with van der Waals surface area (Å²) in [5.74, 6) is 0.483. The van der Waals surface area contributed by atoms with Gasteiger partial charge in [0.05, 0.1) is 11.8 Å². The standard InChI is InChI=1S/C11H16BrNO2/c1-2-9(3-5-12)7-13-11(14)10-4-6-15-8-10/h4,6,8-9H,2-3,5,7H2,1H3,(H,13,14). The third-order valence-corrected chi connectivity index (χ3v) is 2.89. The zero-order valence-corrected chi connectivity index (χ0v) is 10.4. The maximum Gasteiger partial charge on any atom is 0.254 e. The molecule has 0 radical (unpaired) electrons. The molecule has 0 aromatic carbocycles. The van der Waals surface area contributed by atoms with Crippen LogP contribution in [-0.4, -0.2) is 17.8 Å². The number of hydrogen-bond acceptors (Lipinski definition) is 2.